The Hall–Kier alpha value is -1.51. The summed E-state index contributed by atoms with van der Waals surface area (Å²) < 4.78 is 0. The molecule has 94 valence electrons. The van der Waals surface area contributed by atoms with Gasteiger partial charge >= 0.3 is 6.03 Å². The molecule has 0 aromatic heterocycles. The van der Waals surface area contributed by atoms with Gasteiger partial charge in [-0.15, -0.1) is 0 Å². The van der Waals surface area contributed by atoms with Crippen LogP contribution in [0.15, 0.2) is 30.3 Å². The van der Waals surface area contributed by atoms with Crippen molar-refractivity contribution >= 4 is 6.03 Å². The number of hydrogen-bond donors (Lipinski definition) is 2. The van der Waals surface area contributed by atoms with E-state index in [-0.39, 0.29) is 18.1 Å². The summed E-state index contributed by atoms with van der Waals surface area (Å²) in [6.45, 7) is 6.14. The topological polar surface area (TPSA) is 41.1 Å². The first-order valence-electron chi connectivity index (χ1n) is 6.29. The molecule has 0 radical (unpaired) electrons. The van der Waals surface area contributed by atoms with Crippen LogP contribution in [0, 0.1) is 0 Å². The molecule has 1 aromatic rings. The molecule has 1 atom stereocenters. The molecule has 1 unspecified atom stereocenters. The number of carbonyl (C=O) groups excluding carboxylic acids is 1. The first kappa shape index (κ1) is 13.6. The standard InChI is InChI=1S/C14H22N2O/c1-4-13(5-2)16-14(17)15-11(3)12-9-7-6-8-10-12/h6-11,13H,4-5H2,1-3H3,(H2,15,16,17). The summed E-state index contributed by atoms with van der Waals surface area (Å²) in [6, 6.07) is 10.2. The Kier molecular flexibility index (Phi) is 5.53. The number of amides is 2. The summed E-state index contributed by atoms with van der Waals surface area (Å²) in [5.41, 5.74) is 1.12. The average molecular weight is 234 g/mol. The Morgan fingerprint density at radius 3 is 2.24 bits per heavy atom. The van der Waals surface area contributed by atoms with Crippen molar-refractivity contribution in [2.75, 3.05) is 0 Å². The molecule has 3 nitrogen and oxygen atoms in total. The van der Waals surface area contributed by atoms with Crippen LogP contribution >= 0.6 is 0 Å². The van der Waals surface area contributed by atoms with Gasteiger partial charge in [0.1, 0.15) is 0 Å². The molecule has 1 rings (SSSR count). The van der Waals surface area contributed by atoms with Crippen LogP contribution in [-0.2, 0) is 0 Å². The van der Waals surface area contributed by atoms with Crippen molar-refractivity contribution in [1.82, 2.24) is 10.6 Å². The zero-order valence-corrected chi connectivity index (χ0v) is 10.9. The van der Waals surface area contributed by atoms with Crippen LogP contribution in [0.1, 0.15) is 45.2 Å². The predicted molar refractivity (Wildman–Crippen MR) is 70.9 cm³/mol. The summed E-state index contributed by atoms with van der Waals surface area (Å²) in [4.78, 5) is 11.7. The van der Waals surface area contributed by atoms with Crippen LogP contribution in [0.5, 0.6) is 0 Å². The fourth-order valence-electron chi connectivity index (χ4n) is 1.74. The first-order valence-corrected chi connectivity index (χ1v) is 6.29. The molecule has 0 saturated carbocycles. The first-order chi connectivity index (χ1) is 8.17. The number of carbonyl (C=O) groups is 1. The van der Waals surface area contributed by atoms with Gasteiger partial charge in [-0.2, -0.15) is 0 Å². The van der Waals surface area contributed by atoms with Crippen molar-refractivity contribution in [3.8, 4) is 0 Å². The zero-order chi connectivity index (χ0) is 12.7. The minimum atomic E-state index is -0.0879. The Morgan fingerprint density at radius 1 is 1.12 bits per heavy atom. The molecule has 0 heterocycles. The second-order valence-electron chi connectivity index (χ2n) is 4.26. The fourth-order valence-corrected chi connectivity index (χ4v) is 1.74. The van der Waals surface area contributed by atoms with Crippen LogP contribution in [-0.4, -0.2) is 12.1 Å². The third-order valence-electron chi connectivity index (χ3n) is 2.97. The third kappa shape index (κ3) is 4.47. The van der Waals surface area contributed by atoms with Crippen molar-refractivity contribution in [3.63, 3.8) is 0 Å². The Morgan fingerprint density at radius 2 is 1.71 bits per heavy atom. The molecule has 17 heavy (non-hydrogen) atoms. The van der Waals surface area contributed by atoms with E-state index < -0.39 is 0 Å². The van der Waals surface area contributed by atoms with Gasteiger partial charge in [-0.1, -0.05) is 44.2 Å². The van der Waals surface area contributed by atoms with Gasteiger partial charge in [-0.3, -0.25) is 0 Å². The average Bonchev–Trinajstić information content (AvgIpc) is 2.37. The van der Waals surface area contributed by atoms with E-state index in [1.165, 1.54) is 0 Å². The van der Waals surface area contributed by atoms with Gasteiger partial charge in [-0.05, 0) is 25.3 Å². The summed E-state index contributed by atoms with van der Waals surface area (Å²) in [7, 11) is 0. The lowest BCUT2D eigenvalue weighted by atomic mass is 10.1. The predicted octanol–water partition coefficient (Wildman–Crippen LogP) is 3.24. The molecule has 2 N–H and O–H groups in total. The number of urea groups is 1. The highest BCUT2D eigenvalue weighted by Crippen LogP contribution is 2.10. The van der Waals surface area contributed by atoms with Crippen molar-refractivity contribution in [3.05, 3.63) is 35.9 Å². The fraction of sp³-hybridized carbons (Fsp3) is 0.500. The summed E-state index contributed by atoms with van der Waals surface area (Å²) in [5, 5.41) is 5.91. The highest BCUT2D eigenvalue weighted by Gasteiger charge is 2.11. The lowest BCUT2D eigenvalue weighted by Gasteiger charge is -2.19. The van der Waals surface area contributed by atoms with E-state index in [2.05, 4.69) is 24.5 Å². The van der Waals surface area contributed by atoms with E-state index in [9.17, 15) is 4.79 Å². The van der Waals surface area contributed by atoms with Crippen molar-refractivity contribution in [2.45, 2.75) is 45.7 Å². The lowest BCUT2D eigenvalue weighted by Crippen LogP contribution is -2.42. The monoisotopic (exact) mass is 234 g/mol. The van der Waals surface area contributed by atoms with Gasteiger partial charge in [-0.25, -0.2) is 4.79 Å². The molecule has 0 spiro atoms. The van der Waals surface area contributed by atoms with Crippen LogP contribution < -0.4 is 10.6 Å². The molecule has 1 aromatic carbocycles. The summed E-state index contributed by atoms with van der Waals surface area (Å²) in [6.07, 6.45) is 1.92. The lowest BCUT2D eigenvalue weighted by molar-refractivity contribution is 0.233. The van der Waals surface area contributed by atoms with E-state index in [4.69, 9.17) is 0 Å². The minimum Gasteiger partial charge on any atom is -0.335 e. The van der Waals surface area contributed by atoms with Gasteiger partial charge in [0.25, 0.3) is 0 Å². The van der Waals surface area contributed by atoms with Crippen LogP contribution in [0.2, 0.25) is 0 Å². The van der Waals surface area contributed by atoms with Crippen molar-refractivity contribution < 1.29 is 4.79 Å². The number of hydrogen-bond acceptors (Lipinski definition) is 1. The van der Waals surface area contributed by atoms with Crippen LogP contribution in [0.4, 0.5) is 4.79 Å². The number of nitrogens with one attached hydrogen (secondary N) is 2. The quantitative estimate of drug-likeness (QED) is 0.807. The third-order valence-corrected chi connectivity index (χ3v) is 2.97. The molecule has 0 saturated heterocycles. The number of benzene rings is 1. The maximum Gasteiger partial charge on any atom is 0.315 e. The SMILES string of the molecule is CCC(CC)NC(=O)NC(C)c1ccccc1. The van der Waals surface area contributed by atoms with Crippen LogP contribution in [0.25, 0.3) is 0 Å². The molecule has 3 heteroatoms. The summed E-state index contributed by atoms with van der Waals surface area (Å²) in [5.74, 6) is 0. The molecular weight excluding hydrogens is 212 g/mol. The smallest absolute Gasteiger partial charge is 0.315 e. The van der Waals surface area contributed by atoms with E-state index in [0.717, 1.165) is 18.4 Å². The van der Waals surface area contributed by atoms with Gasteiger partial charge in [0, 0.05) is 6.04 Å². The summed E-state index contributed by atoms with van der Waals surface area (Å²) >= 11 is 0. The molecular formula is C14H22N2O. The highest BCUT2D eigenvalue weighted by molar-refractivity contribution is 5.74. The van der Waals surface area contributed by atoms with Gasteiger partial charge in [0.15, 0.2) is 0 Å². The molecule has 2 amide bonds. The van der Waals surface area contributed by atoms with Gasteiger partial charge in [0.2, 0.25) is 0 Å². The van der Waals surface area contributed by atoms with Gasteiger partial charge < -0.3 is 10.6 Å². The molecule has 0 aliphatic rings. The maximum absolute atomic E-state index is 11.7. The number of rotatable bonds is 5. The van der Waals surface area contributed by atoms with E-state index >= 15 is 0 Å². The van der Waals surface area contributed by atoms with E-state index in [0.29, 0.717) is 0 Å². The van der Waals surface area contributed by atoms with Gasteiger partial charge in [0.05, 0.1) is 6.04 Å². The zero-order valence-electron chi connectivity index (χ0n) is 10.9. The Labute approximate surface area is 104 Å². The normalized spacial score (nSPS) is 12.2. The van der Waals surface area contributed by atoms with E-state index in [1.54, 1.807) is 0 Å². The Balaban J connectivity index is 2.46. The molecule has 0 fully saturated rings. The highest BCUT2D eigenvalue weighted by atomic mass is 16.2. The molecule has 0 aliphatic carbocycles. The minimum absolute atomic E-state index is 0.0329. The molecule has 0 bridgehead atoms. The molecule has 0 aliphatic heterocycles. The van der Waals surface area contributed by atoms with Crippen molar-refractivity contribution in [1.29, 1.82) is 0 Å². The van der Waals surface area contributed by atoms with Crippen molar-refractivity contribution in [2.24, 2.45) is 0 Å². The largest absolute Gasteiger partial charge is 0.335 e. The maximum atomic E-state index is 11.7. The Bertz CT molecular complexity index is 333. The second kappa shape index (κ2) is 6.94. The second-order valence-corrected chi connectivity index (χ2v) is 4.26. The van der Waals surface area contributed by atoms with E-state index in [1.807, 2.05) is 37.3 Å². The van der Waals surface area contributed by atoms with Crippen LogP contribution in [0.3, 0.4) is 0 Å².